The molecule has 34 heavy (non-hydrogen) atoms. The lowest BCUT2D eigenvalue weighted by molar-refractivity contribution is -0.133. The van der Waals surface area contributed by atoms with Gasteiger partial charge in [0, 0.05) is 26.6 Å². The number of rotatable bonds is 11. The first-order chi connectivity index (χ1) is 16.5. The predicted octanol–water partition coefficient (Wildman–Crippen LogP) is 3.51. The van der Waals surface area contributed by atoms with Crippen LogP contribution in [0.3, 0.4) is 0 Å². The fourth-order valence-electron chi connectivity index (χ4n) is 3.68. The van der Waals surface area contributed by atoms with Gasteiger partial charge in [-0.1, -0.05) is 19.1 Å². The standard InChI is InChI=1S/C24H32N4O5S/c1-5-10-25-24(30)27(11-12-31-2)16-23(29)28-19(15-18(26-28)22-7-6-13-34-22)17-8-9-20(32-3)21(14-17)33-4/h6-9,13-14,19H,5,10-12,15-16H2,1-4H3,(H,25,30)/t19-/m0/s1. The normalized spacial score (nSPS) is 15.1. The molecule has 1 N–H and O–H groups in total. The molecule has 3 amide bonds. The number of thiophene rings is 1. The molecule has 9 nitrogen and oxygen atoms in total. The Hall–Kier alpha value is -3.11. The van der Waals surface area contributed by atoms with Gasteiger partial charge < -0.3 is 24.4 Å². The third-order valence-electron chi connectivity index (χ3n) is 5.47. The molecule has 0 radical (unpaired) electrons. The van der Waals surface area contributed by atoms with Crippen molar-refractivity contribution in [2.75, 3.05) is 47.6 Å². The van der Waals surface area contributed by atoms with Crippen molar-refractivity contribution in [2.45, 2.75) is 25.8 Å². The average Bonchev–Trinajstić information content (AvgIpc) is 3.54. The molecule has 1 aliphatic heterocycles. The summed E-state index contributed by atoms with van der Waals surface area (Å²) in [4.78, 5) is 28.6. The lowest BCUT2D eigenvalue weighted by atomic mass is 10.0. The Labute approximate surface area is 204 Å². The Bertz CT molecular complexity index is 995. The van der Waals surface area contributed by atoms with Crippen LogP contribution in [-0.4, -0.2) is 75.1 Å². The van der Waals surface area contributed by atoms with Gasteiger partial charge in [-0.3, -0.25) is 4.79 Å². The molecule has 1 aromatic heterocycles. The first kappa shape index (κ1) is 25.5. The van der Waals surface area contributed by atoms with Gasteiger partial charge in [0.05, 0.1) is 37.5 Å². The van der Waals surface area contributed by atoms with Crippen LogP contribution in [0.2, 0.25) is 0 Å². The lowest BCUT2D eigenvalue weighted by Crippen LogP contribution is -2.47. The molecule has 0 bridgehead atoms. The maximum absolute atomic E-state index is 13.5. The van der Waals surface area contributed by atoms with Gasteiger partial charge in [-0.15, -0.1) is 11.3 Å². The van der Waals surface area contributed by atoms with E-state index in [1.807, 2.05) is 42.6 Å². The molecule has 2 heterocycles. The van der Waals surface area contributed by atoms with Crippen LogP contribution in [0.25, 0.3) is 0 Å². The molecule has 1 aromatic carbocycles. The number of carbonyl (C=O) groups excluding carboxylic acids is 2. The van der Waals surface area contributed by atoms with Crippen LogP contribution >= 0.6 is 11.3 Å². The van der Waals surface area contributed by atoms with Gasteiger partial charge in [0.25, 0.3) is 5.91 Å². The van der Waals surface area contributed by atoms with Gasteiger partial charge in [-0.05, 0) is 35.6 Å². The van der Waals surface area contributed by atoms with E-state index >= 15 is 0 Å². The number of nitrogens with one attached hydrogen (secondary N) is 1. The molecular formula is C24H32N4O5S. The molecule has 0 fully saturated rings. The van der Waals surface area contributed by atoms with Crippen molar-refractivity contribution in [3.8, 4) is 11.5 Å². The van der Waals surface area contributed by atoms with E-state index in [2.05, 4.69) is 5.32 Å². The van der Waals surface area contributed by atoms with Crippen molar-refractivity contribution >= 4 is 29.0 Å². The summed E-state index contributed by atoms with van der Waals surface area (Å²) in [6, 6.07) is 8.94. The van der Waals surface area contributed by atoms with Crippen molar-refractivity contribution in [3.05, 3.63) is 46.2 Å². The first-order valence-electron chi connectivity index (χ1n) is 11.2. The van der Waals surface area contributed by atoms with Gasteiger partial charge in [0.15, 0.2) is 11.5 Å². The van der Waals surface area contributed by atoms with E-state index < -0.39 is 0 Å². The fraction of sp³-hybridized carbons (Fsp3) is 0.458. The van der Waals surface area contributed by atoms with Crippen LogP contribution in [0.5, 0.6) is 11.5 Å². The molecule has 0 saturated carbocycles. The minimum absolute atomic E-state index is 0.107. The van der Waals surface area contributed by atoms with Crippen LogP contribution in [0.1, 0.15) is 36.2 Å². The van der Waals surface area contributed by atoms with Crippen molar-refractivity contribution in [1.29, 1.82) is 0 Å². The summed E-state index contributed by atoms with van der Waals surface area (Å²) < 4.78 is 16.0. The number of hydrogen-bond donors (Lipinski definition) is 1. The number of ether oxygens (including phenoxy) is 3. The fourth-order valence-corrected chi connectivity index (χ4v) is 4.41. The molecule has 0 saturated heterocycles. The summed E-state index contributed by atoms with van der Waals surface area (Å²) in [6.07, 6.45) is 1.36. The Balaban J connectivity index is 1.88. The zero-order valence-electron chi connectivity index (χ0n) is 20.1. The van der Waals surface area contributed by atoms with Gasteiger partial charge in [-0.25, -0.2) is 9.80 Å². The van der Waals surface area contributed by atoms with E-state index in [-0.39, 0.29) is 24.5 Å². The van der Waals surface area contributed by atoms with Crippen LogP contribution in [0.4, 0.5) is 4.79 Å². The number of hydrazone groups is 1. The molecule has 0 aliphatic carbocycles. The highest BCUT2D eigenvalue weighted by atomic mass is 32.1. The summed E-state index contributed by atoms with van der Waals surface area (Å²) in [5, 5.41) is 11.0. The SMILES string of the molecule is CCCNC(=O)N(CCOC)CC(=O)N1N=C(c2cccs2)C[C@H]1c1ccc(OC)c(OC)c1. The summed E-state index contributed by atoms with van der Waals surface area (Å²) >= 11 is 1.58. The topological polar surface area (TPSA) is 92.7 Å². The molecular weight excluding hydrogens is 456 g/mol. The van der Waals surface area contributed by atoms with Crippen LogP contribution in [-0.2, 0) is 9.53 Å². The summed E-state index contributed by atoms with van der Waals surface area (Å²) in [6.45, 7) is 3.03. The quantitative estimate of drug-likeness (QED) is 0.523. The Kier molecular flexibility index (Phi) is 9.29. The van der Waals surface area contributed by atoms with Gasteiger partial charge in [0.1, 0.15) is 6.54 Å². The highest BCUT2D eigenvalue weighted by Gasteiger charge is 2.35. The van der Waals surface area contributed by atoms with E-state index in [0.29, 0.717) is 37.6 Å². The summed E-state index contributed by atoms with van der Waals surface area (Å²) in [5.74, 6) is 0.923. The minimum Gasteiger partial charge on any atom is -0.493 e. The Morgan fingerprint density at radius 2 is 2.00 bits per heavy atom. The second-order valence-corrected chi connectivity index (χ2v) is 8.69. The molecule has 3 rings (SSSR count). The maximum Gasteiger partial charge on any atom is 0.317 e. The van der Waals surface area contributed by atoms with Crippen LogP contribution in [0.15, 0.2) is 40.8 Å². The highest BCUT2D eigenvalue weighted by molar-refractivity contribution is 7.12. The number of methoxy groups -OCH3 is 3. The Morgan fingerprint density at radius 1 is 1.21 bits per heavy atom. The highest BCUT2D eigenvalue weighted by Crippen LogP contribution is 2.37. The second kappa shape index (κ2) is 12.4. The third-order valence-corrected chi connectivity index (χ3v) is 6.39. The zero-order valence-corrected chi connectivity index (χ0v) is 20.9. The van der Waals surface area contributed by atoms with E-state index in [1.54, 1.807) is 32.7 Å². The van der Waals surface area contributed by atoms with Crippen molar-refractivity contribution in [3.63, 3.8) is 0 Å². The van der Waals surface area contributed by atoms with E-state index in [1.165, 1.54) is 9.91 Å². The van der Waals surface area contributed by atoms with Crippen LogP contribution < -0.4 is 14.8 Å². The number of urea groups is 1. The zero-order chi connectivity index (χ0) is 24.5. The van der Waals surface area contributed by atoms with Gasteiger partial charge in [0.2, 0.25) is 0 Å². The molecule has 0 spiro atoms. The van der Waals surface area contributed by atoms with Crippen molar-refractivity contribution < 1.29 is 23.8 Å². The van der Waals surface area contributed by atoms with Gasteiger partial charge >= 0.3 is 6.03 Å². The lowest BCUT2D eigenvalue weighted by Gasteiger charge is -2.27. The van der Waals surface area contributed by atoms with Crippen LogP contribution in [0, 0.1) is 0 Å². The predicted molar refractivity (Wildman–Crippen MR) is 132 cm³/mol. The van der Waals surface area contributed by atoms with E-state index in [0.717, 1.165) is 22.6 Å². The summed E-state index contributed by atoms with van der Waals surface area (Å²) in [7, 11) is 4.73. The number of hydrogen-bond acceptors (Lipinski definition) is 7. The summed E-state index contributed by atoms with van der Waals surface area (Å²) in [5.41, 5.74) is 1.71. The molecule has 1 atom stereocenters. The van der Waals surface area contributed by atoms with Crippen molar-refractivity contribution in [1.82, 2.24) is 15.2 Å². The van der Waals surface area contributed by atoms with E-state index in [4.69, 9.17) is 19.3 Å². The van der Waals surface area contributed by atoms with Crippen molar-refractivity contribution in [2.24, 2.45) is 5.10 Å². The molecule has 2 aromatic rings. The number of amides is 3. The smallest absolute Gasteiger partial charge is 0.317 e. The first-order valence-corrected chi connectivity index (χ1v) is 12.1. The second-order valence-electron chi connectivity index (χ2n) is 7.74. The monoisotopic (exact) mass is 488 g/mol. The third kappa shape index (κ3) is 6.06. The number of nitrogens with zero attached hydrogens (tertiary/aromatic N) is 3. The molecule has 10 heteroatoms. The largest absolute Gasteiger partial charge is 0.493 e. The average molecular weight is 489 g/mol. The van der Waals surface area contributed by atoms with E-state index in [9.17, 15) is 9.59 Å². The Morgan fingerprint density at radius 3 is 2.65 bits per heavy atom. The van der Waals surface area contributed by atoms with Gasteiger partial charge in [-0.2, -0.15) is 5.10 Å². The number of benzene rings is 1. The maximum atomic E-state index is 13.5. The molecule has 184 valence electrons. The number of carbonyl (C=O) groups is 2. The molecule has 0 unspecified atom stereocenters. The minimum atomic E-state index is -0.326. The molecule has 1 aliphatic rings.